The molecule has 0 spiro atoms. The molecule has 22 heavy (non-hydrogen) atoms. The lowest BCUT2D eigenvalue weighted by Crippen LogP contribution is -2.37. The van der Waals surface area contributed by atoms with E-state index in [0.717, 1.165) is 5.56 Å². The number of anilines is 1. The lowest BCUT2D eigenvalue weighted by atomic mass is 10.1. The lowest BCUT2D eigenvalue weighted by Gasteiger charge is -2.23. The Morgan fingerprint density at radius 2 is 1.86 bits per heavy atom. The van der Waals surface area contributed by atoms with Gasteiger partial charge in [-0.1, -0.05) is 29.8 Å². The van der Waals surface area contributed by atoms with Gasteiger partial charge >= 0.3 is 0 Å². The van der Waals surface area contributed by atoms with Crippen molar-refractivity contribution in [3.63, 3.8) is 0 Å². The Kier molecular flexibility index (Phi) is 3.90. The van der Waals surface area contributed by atoms with Crippen LogP contribution in [0.15, 0.2) is 48.5 Å². The van der Waals surface area contributed by atoms with Crippen LogP contribution >= 0.6 is 11.8 Å². The molecule has 1 heterocycles. The van der Waals surface area contributed by atoms with Crippen LogP contribution in [0.4, 0.5) is 5.69 Å². The van der Waals surface area contributed by atoms with E-state index in [1.165, 1.54) is 22.7 Å². The summed E-state index contributed by atoms with van der Waals surface area (Å²) >= 11 is 1.28. The van der Waals surface area contributed by atoms with Gasteiger partial charge in [0.2, 0.25) is 5.91 Å². The zero-order chi connectivity index (χ0) is 15.7. The molecule has 1 atom stereocenters. The van der Waals surface area contributed by atoms with Gasteiger partial charge in [0, 0.05) is 5.69 Å². The van der Waals surface area contributed by atoms with Crippen LogP contribution in [-0.4, -0.2) is 27.9 Å². The van der Waals surface area contributed by atoms with Crippen LogP contribution in [-0.2, 0) is 4.79 Å². The number of para-hydroxylation sites is 1. The topological polar surface area (TPSA) is 57.6 Å². The number of phenolic OH excluding ortho intramolecular Hbond substituents is 1. The molecule has 0 bridgehead atoms. The van der Waals surface area contributed by atoms with E-state index in [9.17, 15) is 14.7 Å². The van der Waals surface area contributed by atoms with Crippen molar-refractivity contribution in [1.82, 2.24) is 0 Å². The number of aryl methyl sites for hydroxylation is 1. The third kappa shape index (κ3) is 2.60. The highest BCUT2D eigenvalue weighted by Crippen LogP contribution is 2.34. The fourth-order valence-corrected chi connectivity index (χ4v) is 3.52. The maximum absolute atomic E-state index is 12.7. The third-order valence-corrected chi connectivity index (χ3v) is 4.73. The predicted molar refractivity (Wildman–Crippen MR) is 87.3 cm³/mol. The fourth-order valence-electron chi connectivity index (χ4n) is 2.42. The van der Waals surface area contributed by atoms with E-state index in [1.54, 1.807) is 18.2 Å². The highest BCUT2D eigenvalue weighted by atomic mass is 32.2. The maximum Gasteiger partial charge on any atom is 0.238 e. The highest BCUT2D eigenvalue weighted by molar-refractivity contribution is 8.02. The summed E-state index contributed by atoms with van der Waals surface area (Å²) in [6, 6.07) is 13.9. The van der Waals surface area contributed by atoms with Crippen LogP contribution < -0.4 is 4.90 Å². The molecule has 0 aromatic heterocycles. The van der Waals surface area contributed by atoms with Gasteiger partial charge in [-0.2, -0.15) is 0 Å². The summed E-state index contributed by atoms with van der Waals surface area (Å²) < 4.78 is 0. The van der Waals surface area contributed by atoms with Crippen LogP contribution in [0.1, 0.15) is 15.9 Å². The van der Waals surface area contributed by atoms with Crippen molar-refractivity contribution < 1.29 is 14.7 Å². The molecule has 2 aromatic rings. The number of benzene rings is 2. The van der Waals surface area contributed by atoms with E-state index in [2.05, 4.69) is 0 Å². The van der Waals surface area contributed by atoms with Gasteiger partial charge in [-0.3, -0.25) is 14.5 Å². The van der Waals surface area contributed by atoms with Crippen molar-refractivity contribution in [2.45, 2.75) is 12.3 Å². The number of carbonyl (C=O) groups is 2. The van der Waals surface area contributed by atoms with Gasteiger partial charge in [0.15, 0.2) is 5.78 Å². The van der Waals surface area contributed by atoms with Gasteiger partial charge in [0.25, 0.3) is 0 Å². The molecule has 1 N–H and O–H groups in total. The van der Waals surface area contributed by atoms with Crippen LogP contribution in [0.5, 0.6) is 5.75 Å². The number of nitrogens with zero attached hydrogens (tertiary/aromatic N) is 1. The molecule has 0 saturated carbocycles. The van der Waals surface area contributed by atoms with Crippen molar-refractivity contribution in [3.8, 4) is 5.75 Å². The molecule has 1 unspecified atom stereocenters. The van der Waals surface area contributed by atoms with E-state index in [0.29, 0.717) is 5.69 Å². The Balaban J connectivity index is 1.95. The Hall–Kier alpha value is -2.27. The second-order valence-corrected chi connectivity index (χ2v) is 6.21. The average Bonchev–Trinajstić information content (AvgIpc) is 2.90. The lowest BCUT2D eigenvalue weighted by molar-refractivity contribution is -0.115. The normalized spacial score (nSPS) is 17.8. The number of aromatic hydroxyl groups is 1. The van der Waals surface area contributed by atoms with Crippen LogP contribution in [0.25, 0.3) is 0 Å². The second kappa shape index (κ2) is 5.85. The number of hydrogen-bond donors (Lipinski definition) is 1. The van der Waals surface area contributed by atoms with Crippen LogP contribution in [0.3, 0.4) is 0 Å². The van der Waals surface area contributed by atoms with E-state index < -0.39 is 5.37 Å². The summed E-state index contributed by atoms with van der Waals surface area (Å²) in [6.07, 6.45) is 0. The molecule has 1 amide bonds. The van der Waals surface area contributed by atoms with Crippen molar-refractivity contribution in [2.75, 3.05) is 10.7 Å². The number of thioether (sulfide) groups is 1. The molecule has 2 aromatic carbocycles. The Morgan fingerprint density at radius 1 is 1.18 bits per heavy atom. The molecule has 112 valence electrons. The number of ketones is 1. The summed E-state index contributed by atoms with van der Waals surface area (Å²) in [5.74, 6) is -0.147. The number of carbonyl (C=O) groups excluding carboxylic acids is 2. The number of hydrogen-bond acceptors (Lipinski definition) is 4. The van der Waals surface area contributed by atoms with Crippen molar-refractivity contribution in [1.29, 1.82) is 0 Å². The monoisotopic (exact) mass is 313 g/mol. The third-order valence-electron chi connectivity index (χ3n) is 3.57. The number of rotatable bonds is 3. The van der Waals surface area contributed by atoms with E-state index in [4.69, 9.17) is 0 Å². The summed E-state index contributed by atoms with van der Waals surface area (Å²) in [6.45, 7) is 1.97. The van der Waals surface area contributed by atoms with Gasteiger partial charge in [0.1, 0.15) is 11.1 Å². The zero-order valence-corrected chi connectivity index (χ0v) is 12.8. The number of amides is 1. The molecule has 4 nitrogen and oxygen atoms in total. The maximum atomic E-state index is 12.7. The standard InChI is InChI=1S/C17H15NO3S/c1-11-6-8-12(9-7-11)18-15(20)10-22-17(18)16(21)13-4-2-3-5-14(13)19/h2-9,17,19H,10H2,1H3. The second-order valence-electron chi connectivity index (χ2n) is 5.14. The van der Waals surface area contributed by atoms with E-state index in [-0.39, 0.29) is 28.8 Å². The first-order valence-electron chi connectivity index (χ1n) is 6.90. The fraction of sp³-hybridized carbons (Fsp3) is 0.176. The largest absolute Gasteiger partial charge is 0.507 e. The number of Topliss-reactive ketones (excluding diaryl/α,β-unsaturated/α-hetero) is 1. The first-order valence-corrected chi connectivity index (χ1v) is 7.95. The van der Waals surface area contributed by atoms with Gasteiger partial charge in [0.05, 0.1) is 11.3 Å². The smallest absolute Gasteiger partial charge is 0.238 e. The molecule has 1 saturated heterocycles. The Labute approximate surface area is 132 Å². The van der Waals surface area contributed by atoms with E-state index in [1.807, 2.05) is 31.2 Å². The molecule has 0 radical (unpaired) electrons. The molecule has 1 fully saturated rings. The molecule has 0 aliphatic carbocycles. The molecular formula is C17H15NO3S. The summed E-state index contributed by atoms with van der Waals surface area (Å²) in [4.78, 5) is 26.4. The Morgan fingerprint density at radius 3 is 2.55 bits per heavy atom. The van der Waals surface area contributed by atoms with Crippen molar-refractivity contribution in [2.24, 2.45) is 0 Å². The first kappa shape index (κ1) is 14.7. The molecule has 5 heteroatoms. The first-order chi connectivity index (χ1) is 10.6. The van der Waals surface area contributed by atoms with Crippen LogP contribution in [0.2, 0.25) is 0 Å². The number of phenols is 1. The van der Waals surface area contributed by atoms with Crippen LogP contribution in [0, 0.1) is 6.92 Å². The molecule has 1 aliphatic heterocycles. The van der Waals surface area contributed by atoms with Gasteiger partial charge in [-0.05, 0) is 31.2 Å². The van der Waals surface area contributed by atoms with Crippen molar-refractivity contribution in [3.05, 3.63) is 59.7 Å². The quantitative estimate of drug-likeness (QED) is 0.885. The SMILES string of the molecule is Cc1ccc(N2C(=O)CSC2C(=O)c2ccccc2O)cc1. The molecule has 3 rings (SSSR count). The Bertz CT molecular complexity index is 727. The predicted octanol–water partition coefficient (Wildman–Crippen LogP) is 2.99. The average molecular weight is 313 g/mol. The van der Waals surface area contributed by atoms with Crippen molar-refractivity contribution >= 4 is 29.1 Å². The minimum atomic E-state index is -0.636. The van der Waals surface area contributed by atoms with Gasteiger partial charge < -0.3 is 5.11 Å². The summed E-state index contributed by atoms with van der Waals surface area (Å²) in [5.41, 5.74) is 2.04. The minimum absolute atomic E-state index is 0.0590. The minimum Gasteiger partial charge on any atom is -0.507 e. The summed E-state index contributed by atoms with van der Waals surface area (Å²) in [5, 5.41) is 9.23. The highest BCUT2D eigenvalue weighted by Gasteiger charge is 2.38. The van der Waals surface area contributed by atoms with E-state index >= 15 is 0 Å². The van der Waals surface area contributed by atoms with Gasteiger partial charge in [-0.25, -0.2) is 0 Å². The molecule has 1 aliphatic rings. The summed E-state index contributed by atoms with van der Waals surface area (Å²) in [7, 11) is 0. The molecular weight excluding hydrogens is 298 g/mol. The van der Waals surface area contributed by atoms with Gasteiger partial charge in [-0.15, -0.1) is 11.8 Å². The zero-order valence-electron chi connectivity index (χ0n) is 12.0.